The second kappa shape index (κ2) is 6.94. The zero-order valence-corrected chi connectivity index (χ0v) is 14.5. The van der Waals surface area contributed by atoms with Gasteiger partial charge in [0.15, 0.2) is 0 Å². The molecule has 1 N–H and O–H groups in total. The molecule has 0 aliphatic carbocycles. The first-order chi connectivity index (χ1) is 11.9. The molecule has 1 heterocycles. The molecule has 1 fully saturated rings. The normalized spacial score (nSPS) is 23.7. The van der Waals surface area contributed by atoms with Crippen LogP contribution < -0.4 is 0 Å². The minimum absolute atomic E-state index is 0.207. The lowest BCUT2D eigenvalue weighted by molar-refractivity contribution is -0.0810. The Kier molecular flexibility index (Phi) is 4.88. The first-order valence-corrected chi connectivity index (χ1v) is 8.41. The van der Waals surface area contributed by atoms with Crippen LogP contribution in [0.2, 0.25) is 0 Å². The van der Waals surface area contributed by atoms with Gasteiger partial charge >= 0.3 is 0 Å². The summed E-state index contributed by atoms with van der Waals surface area (Å²) in [7, 11) is 3.80. The van der Waals surface area contributed by atoms with Crippen LogP contribution in [0, 0.1) is 5.82 Å². The molecule has 2 unspecified atom stereocenters. The Morgan fingerprint density at radius 2 is 1.92 bits per heavy atom. The highest BCUT2D eigenvalue weighted by Crippen LogP contribution is 2.35. The molecule has 2 aromatic carbocycles. The van der Waals surface area contributed by atoms with Crippen LogP contribution in [-0.4, -0.2) is 54.0 Å². The summed E-state index contributed by atoms with van der Waals surface area (Å²) in [6, 6.07) is 15.1. The van der Waals surface area contributed by atoms with Gasteiger partial charge in [-0.15, -0.1) is 0 Å². The van der Waals surface area contributed by atoms with Gasteiger partial charge in [-0.2, -0.15) is 0 Å². The van der Waals surface area contributed by atoms with E-state index in [9.17, 15) is 14.3 Å². The average Bonchev–Trinajstić information content (AvgIpc) is 2.62. The van der Waals surface area contributed by atoms with Gasteiger partial charge in [0.25, 0.3) is 5.91 Å². The molecular formula is C20H23FN2O2. The topological polar surface area (TPSA) is 43.8 Å². The number of nitrogens with zero attached hydrogens (tertiary/aromatic N) is 2. The number of hydrogen-bond acceptors (Lipinski definition) is 3. The number of likely N-dealkylation sites (tertiary alicyclic amines) is 1. The second-order valence-electron chi connectivity index (χ2n) is 6.78. The molecule has 1 saturated heterocycles. The van der Waals surface area contributed by atoms with Crippen LogP contribution in [-0.2, 0) is 5.60 Å². The van der Waals surface area contributed by atoms with E-state index in [1.165, 1.54) is 18.2 Å². The molecule has 4 nitrogen and oxygen atoms in total. The van der Waals surface area contributed by atoms with Crippen molar-refractivity contribution in [1.82, 2.24) is 9.80 Å². The number of carbonyl (C=O) groups is 1. The maximum absolute atomic E-state index is 13.4. The summed E-state index contributed by atoms with van der Waals surface area (Å²) in [5.41, 5.74) is 0.165. The number of aliphatic hydroxyl groups is 1. The van der Waals surface area contributed by atoms with Crippen molar-refractivity contribution in [2.75, 3.05) is 27.2 Å². The summed E-state index contributed by atoms with van der Waals surface area (Å²) in [6.45, 7) is 0.804. The standard InChI is InChI=1S/C20H23FN2O2/c1-22(2)18-14-23(19(24)15-7-6-10-17(21)13-15)12-11-20(18,25)16-8-4-3-5-9-16/h3-10,13,18,25H,11-12,14H2,1-2H3. The van der Waals surface area contributed by atoms with E-state index >= 15 is 0 Å². The number of carbonyl (C=O) groups excluding carboxylic acids is 1. The summed E-state index contributed by atoms with van der Waals surface area (Å²) in [6.07, 6.45) is 0.431. The van der Waals surface area contributed by atoms with E-state index in [1.54, 1.807) is 11.0 Å². The Morgan fingerprint density at radius 1 is 1.20 bits per heavy atom. The van der Waals surface area contributed by atoms with Crippen molar-refractivity contribution < 1.29 is 14.3 Å². The lowest BCUT2D eigenvalue weighted by Gasteiger charge is -2.47. The third kappa shape index (κ3) is 3.43. The number of halogens is 1. The molecule has 0 bridgehead atoms. The summed E-state index contributed by atoms with van der Waals surface area (Å²) in [5.74, 6) is -0.630. The monoisotopic (exact) mass is 342 g/mol. The van der Waals surface area contributed by atoms with Crippen LogP contribution in [0.3, 0.4) is 0 Å². The molecule has 132 valence electrons. The smallest absolute Gasteiger partial charge is 0.254 e. The van der Waals surface area contributed by atoms with E-state index in [0.29, 0.717) is 25.1 Å². The number of piperidine rings is 1. The van der Waals surface area contributed by atoms with Gasteiger partial charge in [0.05, 0.1) is 6.04 Å². The fourth-order valence-corrected chi connectivity index (χ4v) is 3.57. The summed E-state index contributed by atoms with van der Waals surface area (Å²) in [5, 5.41) is 11.3. The van der Waals surface area contributed by atoms with Crippen molar-refractivity contribution in [2.45, 2.75) is 18.1 Å². The summed E-state index contributed by atoms with van der Waals surface area (Å²) >= 11 is 0. The van der Waals surface area contributed by atoms with Crippen molar-refractivity contribution in [3.05, 3.63) is 71.5 Å². The van der Waals surface area contributed by atoms with Crippen LogP contribution in [0.1, 0.15) is 22.3 Å². The predicted octanol–water partition coefficient (Wildman–Crippen LogP) is 2.49. The molecule has 0 radical (unpaired) electrons. The third-order valence-corrected chi connectivity index (χ3v) is 4.96. The van der Waals surface area contributed by atoms with Gasteiger partial charge in [-0.3, -0.25) is 4.79 Å². The lowest BCUT2D eigenvalue weighted by atomic mass is 9.79. The minimum atomic E-state index is -1.02. The highest BCUT2D eigenvalue weighted by molar-refractivity contribution is 5.94. The van der Waals surface area contributed by atoms with E-state index in [0.717, 1.165) is 5.56 Å². The molecule has 2 aromatic rings. The van der Waals surface area contributed by atoms with Crippen molar-refractivity contribution in [2.24, 2.45) is 0 Å². The SMILES string of the molecule is CN(C)C1CN(C(=O)c2cccc(F)c2)CCC1(O)c1ccccc1. The van der Waals surface area contributed by atoms with E-state index in [-0.39, 0.29) is 11.9 Å². The Balaban J connectivity index is 1.86. The van der Waals surface area contributed by atoms with Gasteiger partial charge in [-0.1, -0.05) is 36.4 Å². The van der Waals surface area contributed by atoms with E-state index < -0.39 is 11.4 Å². The van der Waals surface area contributed by atoms with Crippen molar-refractivity contribution >= 4 is 5.91 Å². The molecule has 1 aliphatic rings. The van der Waals surface area contributed by atoms with E-state index in [1.807, 2.05) is 49.3 Å². The Bertz CT molecular complexity index is 750. The fraction of sp³-hybridized carbons (Fsp3) is 0.350. The largest absolute Gasteiger partial charge is 0.383 e. The van der Waals surface area contributed by atoms with Crippen molar-refractivity contribution in [3.8, 4) is 0 Å². The molecular weight excluding hydrogens is 319 g/mol. The maximum atomic E-state index is 13.4. The van der Waals surface area contributed by atoms with Gasteiger partial charge in [-0.05, 0) is 44.3 Å². The van der Waals surface area contributed by atoms with E-state index in [2.05, 4.69) is 0 Å². The lowest BCUT2D eigenvalue weighted by Crippen LogP contribution is -2.60. The first-order valence-electron chi connectivity index (χ1n) is 8.41. The molecule has 0 spiro atoms. The average molecular weight is 342 g/mol. The highest BCUT2D eigenvalue weighted by Gasteiger charge is 2.45. The first kappa shape index (κ1) is 17.6. The molecule has 3 rings (SSSR count). The van der Waals surface area contributed by atoms with E-state index in [4.69, 9.17) is 0 Å². The minimum Gasteiger partial charge on any atom is -0.383 e. The Labute approximate surface area is 147 Å². The van der Waals surface area contributed by atoms with Gasteiger partial charge in [0, 0.05) is 18.7 Å². The van der Waals surface area contributed by atoms with Gasteiger partial charge in [0.1, 0.15) is 11.4 Å². The van der Waals surface area contributed by atoms with Gasteiger partial charge in [0.2, 0.25) is 0 Å². The van der Waals surface area contributed by atoms with Crippen LogP contribution in [0.5, 0.6) is 0 Å². The Morgan fingerprint density at radius 3 is 2.56 bits per heavy atom. The zero-order valence-electron chi connectivity index (χ0n) is 14.5. The quantitative estimate of drug-likeness (QED) is 0.932. The second-order valence-corrected chi connectivity index (χ2v) is 6.78. The van der Waals surface area contributed by atoms with Crippen LogP contribution in [0.15, 0.2) is 54.6 Å². The van der Waals surface area contributed by atoms with Crippen molar-refractivity contribution in [3.63, 3.8) is 0 Å². The number of rotatable bonds is 3. The predicted molar refractivity (Wildman–Crippen MR) is 94.7 cm³/mol. The third-order valence-electron chi connectivity index (χ3n) is 4.96. The fourth-order valence-electron chi connectivity index (χ4n) is 3.57. The molecule has 0 aromatic heterocycles. The molecule has 1 amide bonds. The zero-order chi connectivity index (χ0) is 18.0. The van der Waals surface area contributed by atoms with Crippen LogP contribution >= 0.6 is 0 Å². The number of benzene rings is 2. The summed E-state index contributed by atoms with van der Waals surface area (Å²) < 4.78 is 13.4. The number of likely N-dealkylation sites (N-methyl/N-ethyl adjacent to an activating group) is 1. The van der Waals surface area contributed by atoms with Crippen LogP contribution in [0.25, 0.3) is 0 Å². The molecule has 2 atom stereocenters. The molecule has 5 heteroatoms. The summed E-state index contributed by atoms with van der Waals surface area (Å²) in [4.78, 5) is 16.4. The highest BCUT2D eigenvalue weighted by atomic mass is 19.1. The maximum Gasteiger partial charge on any atom is 0.254 e. The number of amides is 1. The van der Waals surface area contributed by atoms with Gasteiger partial charge < -0.3 is 14.9 Å². The molecule has 0 saturated carbocycles. The molecule has 1 aliphatic heterocycles. The van der Waals surface area contributed by atoms with Crippen molar-refractivity contribution in [1.29, 1.82) is 0 Å². The van der Waals surface area contributed by atoms with Crippen LogP contribution in [0.4, 0.5) is 4.39 Å². The van der Waals surface area contributed by atoms with Gasteiger partial charge in [-0.25, -0.2) is 4.39 Å². The Hall–Kier alpha value is -2.24. The number of hydrogen-bond donors (Lipinski definition) is 1. The molecule has 25 heavy (non-hydrogen) atoms.